The minimum Gasteiger partial charge on any atom is -0.374 e. The molecule has 1 amide bonds. The number of hydrogen-bond acceptors (Lipinski definition) is 2. The van der Waals surface area contributed by atoms with Gasteiger partial charge in [0.1, 0.15) is 0 Å². The van der Waals surface area contributed by atoms with Gasteiger partial charge in [-0.15, -0.1) is 0 Å². The lowest BCUT2D eigenvalue weighted by Crippen LogP contribution is -2.36. The molecule has 2 aliphatic rings. The van der Waals surface area contributed by atoms with Crippen LogP contribution in [-0.4, -0.2) is 18.1 Å². The van der Waals surface area contributed by atoms with E-state index in [1.54, 1.807) is 0 Å². The van der Waals surface area contributed by atoms with Crippen LogP contribution in [0.25, 0.3) is 0 Å². The molecular weight excluding hydrogens is 142 g/mol. The average Bonchev–Trinajstić information content (AvgIpc) is 2.28. The molecule has 1 unspecified atom stereocenters. The summed E-state index contributed by atoms with van der Waals surface area (Å²) >= 11 is 0. The maximum Gasteiger partial charge on any atom is 0.222 e. The van der Waals surface area contributed by atoms with Gasteiger partial charge in [0.2, 0.25) is 5.91 Å². The smallest absolute Gasteiger partial charge is 0.222 e. The second-order valence-corrected chi connectivity index (χ2v) is 3.65. The molecule has 1 aliphatic heterocycles. The molecule has 2 rings (SSSR count). The van der Waals surface area contributed by atoms with Gasteiger partial charge < -0.3 is 10.5 Å². The Kier molecular flexibility index (Phi) is 1.42. The van der Waals surface area contributed by atoms with E-state index in [0.717, 1.165) is 19.3 Å². The van der Waals surface area contributed by atoms with Crippen LogP contribution >= 0.6 is 0 Å². The molecule has 3 nitrogen and oxygen atoms in total. The number of primary amides is 1. The summed E-state index contributed by atoms with van der Waals surface area (Å²) in [5, 5.41) is 0. The van der Waals surface area contributed by atoms with Gasteiger partial charge in [0, 0.05) is 0 Å². The number of amides is 1. The molecule has 0 aromatic heterocycles. The fourth-order valence-electron chi connectivity index (χ4n) is 1.95. The number of rotatable bonds is 1. The Hall–Kier alpha value is -0.570. The molecule has 1 atom stereocenters. The van der Waals surface area contributed by atoms with Gasteiger partial charge in [0.15, 0.2) is 0 Å². The molecule has 11 heavy (non-hydrogen) atoms. The van der Waals surface area contributed by atoms with Crippen LogP contribution in [0.5, 0.6) is 0 Å². The van der Waals surface area contributed by atoms with Gasteiger partial charge in [0.05, 0.1) is 18.1 Å². The Labute approximate surface area is 65.9 Å². The fraction of sp³-hybridized carbons (Fsp3) is 0.875. The Morgan fingerprint density at radius 1 is 1.55 bits per heavy atom. The maximum atomic E-state index is 10.8. The van der Waals surface area contributed by atoms with E-state index in [-0.39, 0.29) is 17.4 Å². The van der Waals surface area contributed by atoms with E-state index < -0.39 is 0 Å². The highest BCUT2D eigenvalue weighted by molar-refractivity contribution is 5.77. The summed E-state index contributed by atoms with van der Waals surface area (Å²) in [6.07, 6.45) is 4.35. The van der Waals surface area contributed by atoms with Crippen LogP contribution in [0, 0.1) is 5.92 Å². The number of ether oxygens (including phenoxy) is 1. The fourth-order valence-corrected chi connectivity index (χ4v) is 1.95. The van der Waals surface area contributed by atoms with Crippen molar-refractivity contribution >= 4 is 5.91 Å². The lowest BCUT2D eigenvalue weighted by molar-refractivity contribution is -0.121. The first kappa shape index (κ1) is 7.10. The lowest BCUT2D eigenvalue weighted by Gasteiger charge is -2.37. The zero-order valence-corrected chi connectivity index (χ0v) is 6.51. The van der Waals surface area contributed by atoms with E-state index in [1.165, 1.54) is 6.42 Å². The van der Waals surface area contributed by atoms with Crippen molar-refractivity contribution in [1.29, 1.82) is 0 Å². The van der Waals surface area contributed by atoms with E-state index in [2.05, 4.69) is 0 Å². The van der Waals surface area contributed by atoms with Crippen molar-refractivity contribution in [3.05, 3.63) is 0 Å². The quantitative estimate of drug-likeness (QED) is 0.597. The van der Waals surface area contributed by atoms with Gasteiger partial charge in [0.25, 0.3) is 0 Å². The Morgan fingerprint density at radius 3 is 2.55 bits per heavy atom. The average molecular weight is 155 g/mol. The van der Waals surface area contributed by atoms with E-state index in [4.69, 9.17) is 10.5 Å². The van der Waals surface area contributed by atoms with Gasteiger partial charge in [-0.05, 0) is 25.7 Å². The molecule has 0 aromatic rings. The van der Waals surface area contributed by atoms with E-state index in [1.807, 2.05) is 0 Å². The predicted octanol–water partition coefficient (Wildman–Crippen LogP) is 0.431. The third-order valence-corrected chi connectivity index (χ3v) is 2.88. The molecule has 62 valence electrons. The zero-order chi connectivity index (χ0) is 7.90. The normalized spacial score (nSPS) is 33.6. The summed E-state index contributed by atoms with van der Waals surface area (Å²) < 4.78 is 5.55. The largest absolute Gasteiger partial charge is 0.374 e. The summed E-state index contributed by atoms with van der Waals surface area (Å²) in [7, 11) is 0. The third kappa shape index (κ3) is 1.03. The number of nitrogens with two attached hydrogens (primary N) is 1. The van der Waals surface area contributed by atoms with Crippen LogP contribution in [0.4, 0.5) is 0 Å². The number of hydrogen-bond donors (Lipinski definition) is 1. The van der Waals surface area contributed by atoms with Crippen LogP contribution in [0.3, 0.4) is 0 Å². The molecule has 1 saturated carbocycles. The summed E-state index contributed by atoms with van der Waals surface area (Å²) in [6.45, 7) is 0.551. The summed E-state index contributed by atoms with van der Waals surface area (Å²) in [4.78, 5) is 10.8. The van der Waals surface area contributed by atoms with Crippen LogP contribution in [0.15, 0.2) is 0 Å². The van der Waals surface area contributed by atoms with Crippen LogP contribution in [0.2, 0.25) is 0 Å². The Balaban J connectivity index is 1.98. The summed E-state index contributed by atoms with van der Waals surface area (Å²) in [5.74, 6) is -0.218. The molecule has 0 radical (unpaired) electrons. The maximum absolute atomic E-state index is 10.8. The highest BCUT2D eigenvalue weighted by Gasteiger charge is 2.46. The highest BCUT2D eigenvalue weighted by atomic mass is 16.5. The number of carbonyl (C=O) groups is 1. The molecule has 3 heteroatoms. The first-order valence-electron chi connectivity index (χ1n) is 4.15. The minimum absolute atomic E-state index is 0.0182. The van der Waals surface area contributed by atoms with Crippen molar-refractivity contribution in [3.8, 4) is 0 Å². The Morgan fingerprint density at radius 2 is 2.27 bits per heavy atom. The van der Waals surface area contributed by atoms with Gasteiger partial charge in [-0.25, -0.2) is 0 Å². The van der Waals surface area contributed by atoms with Gasteiger partial charge in [-0.2, -0.15) is 0 Å². The van der Waals surface area contributed by atoms with Crippen molar-refractivity contribution in [2.75, 3.05) is 6.61 Å². The molecule has 2 fully saturated rings. The van der Waals surface area contributed by atoms with Crippen molar-refractivity contribution in [2.45, 2.75) is 31.3 Å². The first-order chi connectivity index (χ1) is 5.22. The SMILES string of the molecule is NC(=O)C1COC2(CCC2)C1. The highest BCUT2D eigenvalue weighted by Crippen LogP contribution is 2.45. The first-order valence-corrected chi connectivity index (χ1v) is 4.15. The van der Waals surface area contributed by atoms with Crippen LogP contribution in [-0.2, 0) is 9.53 Å². The lowest BCUT2D eigenvalue weighted by atomic mass is 9.76. The van der Waals surface area contributed by atoms with Crippen molar-refractivity contribution in [3.63, 3.8) is 0 Å². The van der Waals surface area contributed by atoms with Crippen molar-refractivity contribution in [2.24, 2.45) is 11.7 Å². The third-order valence-electron chi connectivity index (χ3n) is 2.88. The minimum atomic E-state index is -0.200. The van der Waals surface area contributed by atoms with Crippen molar-refractivity contribution in [1.82, 2.24) is 0 Å². The monoisotopic (exact) mass is 155 g/mol. The van der Waals surface area contributed by atoms with Gasteiger partial charge >= 0.3 is 0 Å². The topological polar surface area (TPSA) is 52.3 Å². The van der Waals surface area contributed by atoms with Crippen molar-refractivity contribution < 1.29 is 9.53 Å². The predicted molar refractivity (Wildman–Crippen MR) is 39.8 cm³/mol. The molecular formula is C8H13NO2. The molecule has 1 heterocycles. The molecule has 1 saturated heterocycles. The molecule has 2 N–H and O–H groups in total. The summed E-state index contributed by atoms with van der Waals surface area (Å²) in [5.41, 5.74) is 5.25. The Bertz CT molecular complexity index is 187. The van der Waals surface area contributed by atoms with Gasteiger partial charge in [-0.1, -0.05) is 0 Å². The van der Waals surface area contributed by atoms with Crippen LogP contribution < -0.4 is 5.73 Å². The standard InChI is InChI=1S/C8H13NO2/c9-7(10)6-4-8(11-5-6)2-1-3-8/h6H,1-5H2,(H2,9,10). The van der Waals surface area contributed by atoms with E-state index in [9.17, 15) is 4.79 Å². The molecule has 1 aliphatic carbocycles. The van der Waals surface area contributed by atoms with Crippen LogP contribution in [0.1, 0.15) is 25.7 Å². The second-order valence-electron chi connectivity index (χ2n) is 3.65. The van der Waals surface area contributed by atoms with Gasteiger partial charge in [-0.3, -0.25) is 4.79 Å². The second kappa shape index (κ2) is 2.21. The van der Waals surface area contributed by atoms with E-state index >= 15 is 0 Å². The zero-order valence-electron chi connectivity index (χ0n) is 6.51. The number of carbonyl (C=O) groups excluding carboxylic acids is 1. The van der Waals surface area contributed by atoms with E-state index in [0.29, 0.717) is 6.61 Å². The molecule has 0 aromatic carbocycles. The molecule has 0 bridgehead atoms. The summed E-state index contributed by atoms with van der Waals surface area (Å²) in [6, 6.07) is 0. The molecule has 1 spiro atoms.